The third kappa shape index (κ3) is 6.95. The highest BCUT2D eigenvalue weighted by Crippen LogP contribution is 2.37. The van der Waals surface area contributed by atoms with E-state index in [0.717, 1.165) is 13.6 Å². The Morgan fingerprint density at radius 1 is 1.13 bits per heavy atom. The van der Waals surface area contributed by atoms with Gasteiger partial charge in [0.25, 0.3) is 5.91 Å². The molecule has 0 bridgehead atoms. The number of hydrogen-bond acceptors (Lipinski definition) is 4. The van der Waals surface area contributed by atoms with Crippen molar-refractivity contribution in [2.75, 3.05) is 6.61 Å². The molecule has 0 saturated carbocycles. The Morgan fingerprint density at radius 2 is 1.84 bits per heavy atom. The Hall–Kier alpha value is -2.10. The fourth-order valence-electron chi connectivity index (χ4n) is 2.63. The zero-order valence-electron chi connectivity index (χ0n) is 16.6. The van der Waals surface area contributed by atoms with Crippen LogP contribution >= 0.6 is 50.1 Å². The average molecular weight is 614 g/mol. The van der Waals surface area contributed by atoms with Gasteiger partial charge in [-0.1, -0.05) is 39.7 Å². The first-order chi connectivity index (χ1) is 15.0. The van der Waals surface area contributed by atoms with Gasteiger partial charge in [0.05, 0.1) is 17.8 Å². The Labute approximate surface area is 208 Å². The Balaban J connectivity index is 1.71. The highest BCUT2D eigenvalue weighted by atomic mass is 127. The number of halogens is 3. The van der Waals surface area contributed by atoms with Crippen LogP contribution in [0.3, 0.4) is 0 Å². The highest BCUT2D eigenvalue weighted by molar-refractivity contribution is 14.1. The van der Waals surface area contributed by atoms with Crippen LogP contribution in [-0.4, -0.2) is 18.7 Å². The molecule has 3 rings (SSSR count). The van der Waals surface area contributed by atoms with Crippen molar-refractivity contribution in [2.45, 2.75) is 13.5 Å². The molecule has 0 aliphatic carbocycles. The zero-order chi connectivity index (χ0) is 22.2. The molecule has 0 radical (unpaired) electrons. The van der Waals surface area contributed by atoms with Gasteiger partial charge in [0.1, 0.15) is 6.61 Å². The van der Waals surface area contributed by atoms with E-state index < -0.39 is 0 Å². The Bertz CT molecular complexity index is 1070. The monoisotopic (exact) mass is 612 g/mol. The molecule has 1 amide bonds. The van der Waals surface area contributed by atoms with Gasteiger partial charge in [-0.25, -0.2) is 5.43 Å². The van der Waals surface area contributed by atoms with Gasteiger partial charge in [0.15, 0.2) is 11.5 Å². The number of amides is 1. The van der Waals surface area contributed by atoms with Crippen LogP contribution in [-0.2, 0) is 6.61 Å². The predicted molar refractivity (Wildman–Crippen MR) is 135 cm³/mol. The second-order valence-electron chi connectivity index (χ2n) is 6.38. The summed E-state index contributed by atoms with van der Waals surface area (Å²) in [7, 11) is 0. The molecular weight excluding hydrogens is 595 g/mol. The van der Waals surface area contributed by atoms with Crippen LogP contribution in [0.2, 0.25) is 5.02 Å². The molecular formula is C23H19BrClIN2O3. The van der Waals surface area contributed by atoms with Crippen molar-refractivity contribution < 1.29 is 14.3 Å². The molecule has 0 aliphatic heterocycles. The van der Waals surface area contributed by atoms with E-state index >= 15 is 0 Å². The fraction of sp³-hybridized carbons (Fsp3) is 0.130. The molecule has 31 heavy (non-hydrogen) atoms. The number of carbonyl (C=O) groups is 1. The summed E-state index contributed by atoms with van der Waals surface area (Å²) in [5, 5.41) is 4.43. The summed E-state index contributed by atoms with van der Waals surface area (Å²) in [6.07, 6.45) is 1.51. The molecule has 3 aromatic rings. The Morgan fingerprint density at radius 3 is 2.52 bits per heavy atom. The molecule has 0 saturated heterocycles. The molecule has 0 spiro atoms. The normalized spacial score (nSPS) is 10.8. The van der Waals surface area contributed by atoms with E-state index in [4.69, 9.17) is 21.1 Å². The van der Waals surface area contributed by atoms with Crippen molar-refractivity contribution in [1.29, 1.82) is 0 Å². The molecule has 0 unspecified atom stereocenters. The van der Waals surface area contributed by atoms with Gasteiger partial charge in [-0.2, -0.15) is 5.10 Å². The first-order valence-corrected chi connectivity index (χ1v) is 11.6. The summed E-state index contributed by atoms with van der Waals surface area (Å²) in [4.78, 5) is 12.2. The van der Waals surface area contributed by atoms with Crippen molar-refractivity contribution in [3.05, 3.63) is 90.4 Å². The van der Waals surface area contributed by atoms with Gasteiger partial charge in [0.2, 0.25) is 0 Å². The molecule has 0 fully saturated rings. The maximum absolute atomic E-state index is 12.2. The van der Waals surface area contributed by atoms with E-state index in [1.807, 2.05) is 43.3 Å². The lowest BCUT2D eigenvalue weighted by molar-refractivity contribution is 0.0955. The van der Waals surface area contributed by atoms with E-state index in [0.29, 0.717) is 40.9 Å². The smallest absolute Gasteiger partial charge is 0.271 e. The van der Waals surface area contributed by atoms with E-state index in [9.17, 15) is 4.79 Å². The largest absolute Gasteiger partial charge is 0.490 e. The summed E-state index contributed by atoms with van der Waals surface area (Å²) < 4.78 is 13.7. The van der Waals surface area contributed by atoms with Crippen molar-refractivity contribution in [3.63, 3.8) is 0 Å². The fourth-order valence-corrected chi connectivity index (χ4v) is 3.53. The minimum Gasteiger partial charge on any atom is -0.490 e. The van der Waals surface area contributed by atoms with E-state index in [1.165, 1.54) is 6.21 Å². The summed E-state index contributed by atoms with van der Waals surface area (Å²) >= 11 is 12.1. The van der Waals surface area contributed by atoms with Gasteiger partial charge in [-0.05, 0) is 89.2 Å². The lowest BCUT2D eigenvalue weighted by Gasteiger charge is -2.14. The molecule has 8 heteroatoms. The molecule has 160 valence electrons. The second kappa shape index (κ2) is 11.5. The zero-order valence-corrected chi connectivity index (χ0v) is 21.1. The van der Waals surface area contributed by atoms with Crippen LogP contribution in [0.25, 0.3) is 0 Å². The van der Waals surface area contributed by atoms with Crippen LogP contribution < -0.4 is 14.9 Å². The molecule has 0 atom stereocenters. The standard InChI is InChI=1S/C23H19BrClIN2O3/c1-2-30-21-12-16(13-27-28-23(29)17-5-9-19(26)10-6-17)11-20(25)22(21)31-14-15-3-7-18(24)8-4-15/h3-13H,2,14H2,1H3,(H,28,29)/b27-13-. The quantitative estimate of drug-likeness (QED) is 0.181. The van der Waals surface area contributed by atoms with Gasteiger partial charge >= 0.3 is 0 Å². The molecule has 0 heterocycles. The van der Waals surface area contributed by atoms with Crippen LogP contribution in [0, 0.1) is 3.57 Å². The van der Waals surface area contributed by atoms with Gasteiger partial charge in [-0.15, -0.1) is 0 Å². The second-order valence-corrected chi connectivity index (χ2v) is 8.95. The summed E-state index contributed by atoms with van der Waals surface area (Å²) in [6, 6.07) is 18.5. The summed E-state index contributed by atoms with van der Waals surface area (Å²) in [5.74, 6) is 0.683. The molecule has 0 aromatic heterocycles. The third-order valence-corrected chi connectivity index (χ3v) is 5.64. The molecule has 1 N–H and O–H groups in total. The third-order valence-electron chi connectivity index (χ3n) is 4.11. The van der Waals surface area contributed by atoms with E-state index in [2.05, 4.69) is 49.0 Å². The SMILES string of the molecule is CCOc1cc(/C=N\NC(=O)c2ccc(I)cc2)cc(Cl)c1OCc1ccc(Br)cc1. The number of nitrogens with one attached hydrogen (secondary N) is 1. The van der Waals surface area contributed by atoms with Crippen LogP contribution in [0.1, 0.15) is 28.4 Å². The number of benzene rings is 3. The number of carbonyl (C=O) groups excluding carboxylic acids is 1. The first kappa shape index (κ1) is 23.6. The van der Waals surface area contributed by atoms with Crippen LogP contribution in [0.5, 0.6) is 11.5 Å². The van der Waals surface area contributed by atoms with E-state index in [1.54, 1.807) is 24.3 Å². The predicted octanol–water partition coefficient (Wildman–Crippen LogP) is 6.45. The van der Waals surface area contributed by atoms with Crippen molar-refractivity contribution in [2.24, 2.45) is 5.10 Å². The number of hydrogen-bond donors (Lipinski definition) is 1. The topological polar surface area (TPSA) is 59.9 Å². The van der Waals surface area contributed by atoms with Crippen LogP contribution in [0.4, 0.5) is 0 Å². The maximum atomic E-state index is 12.2. The Kier molecular flexibility index (Phi) is 8.74. The number of rotatable bonds is 8. The molecule has 3 aromatic carbocycles. The molecule has 5 nitrogen and oxygen atoms in total. The van der Waals surface area contributed by atoms with Crippen molar-refractivity contribution in [3.8, 4) is 11.5 Å². The number of hydrazone groups is 1. The summed E-state index contributed by atoms with van der Waals surface area (Å²) in [6.45, 7) is 2.69. The molecule has 0 aliphatic rings. The van der Waals surface area contributed by atoms with Crippen molar-refractivity contribution >= 4 is 62.2 Å². The lowest BCUT2D eigenvalue weighted by atomic mass is 10.2. The first-order valence-electron chi connectivity index (χ1n) is 9.39. The minimum absolute atomic E-state index is 0.293. The maximum Gasteiger partial charge on any atom is 0.271 e. The van der Waals surface area contributed by atoms with Gasteiger partial charge < -0.3 is 9.47 Å². The lowest BCUT2D eigenvalue weighted by Crippen LogP contribution is -2.17. The number of nitrogens with zero attached hydrogens (tertiary/aromatic N) is 1. The van der Waals surface area contributed by atoms with Gasteiger partial charge in [0, 0.05) is 13.6 Å². The minimum atomic E-state index is -0.293. The highest BCUT2D eigenvalue weighted by Gasteiger charge is 2.13. The summed E-state index contributed by atoms with van der Waals surface area (Å²) in [5.41, 5.74) is 4.72. The van der Waals surface area contributed by atoms with Crippen molar-refractivity contribution in [1.82, 2.24) is 5.43 Å². The average Bonchev–Trinajstić information content (AvgIpc) is 2.75. The van der Waals surface area contributed by atoms with Crippen LogP contribution in [0.15, 0.2) is 70.2 Å². The van der Waals surface area contributed by atoms with Gasteiger partial charge in [-0.3, -0.25) is 4.79 Å². The number of ether oxygens (including phenoxy) is 2. The van der Waals surface area contributed by atoms with E-state index in [-0.39, 0.29) is 5.91 Å².